The molecule has 4 rings (SSSR count). The summed E-state index contributed by atoms with van der Waals surface area (Å²) >= 11 is 0. The van der Waals surface area contributed by atoms with E-state index in [1.54, 1.807) is 0 Å². The molecular weight excluding hydrogens is 952 g/mol. The van der Waals surface area contributed by atoms with Crippen LogP contribution >= 0.6 is 0 Å². The summed E-state index contributed by atoms with van der Waals surface area (Å²) < 4.78 is 38.2. The second-order valence-electron chi connectivity index (χ2n) is 17.0. The van der Waals surface area contributed by atoms with Crippen molar-refractivity contribution in [2.75, 3.05) is 26.4 Å². The highest BCUT2D eigenvalue weighted by molar-refractivity contribution is 5.77. The topological polar surface area (TPSA) is 538 Å². The Morgan fingerprint density at radius 1 is 0.609 bits per heavy atom. The number of aliphatic hydroxyl groups is 15. The van der Waals surface area contributed by atoms with Gasteiger partial charge in [0.1, 0.15) is 85.5 Å². The van der Waals surface area contributed by atoms with Crippen LogP contribution in [0.5, 0.6) is 0 Å². The van der Waals surface area contributed by atoms with Gasteiger partial charge in [-0.3, -0.25) is 9.59 Å². The third kappa shape index (κ3) is 12.8. The number of carboxylic acids is 3. The number of carboxylic acid groups (broad SMARTS) is 3. The van der Waals surface area contributed by atoms with Crippen LogP contribution in [-0.2, 0) is 57.1 Å². The lowest BCUT2D eigenvalue weighted by Gasteiger charge is -2.50. The first kappa shape index (κ1) is 58.0. The maximum absolute atomic E-state index is 13.1. The van der Waals surface area contributed by atoms with Crippen LogP contribution in [0.4, 0.5) is 0 Å². The van der Waals surface area contributed by atoms with E-state index in [-0.39, 0.29) is 0 Å². The minimum Gasteiger partial charge on any atom is -0.477 e. The van der Waals surface area contributed by atoms with Gasteiger partial charge in [-0.1, -0.05) is 0 Å². The average Bonchev–Trinajstić information content (AvgIpc) is 3.27. The van der Waals surface area contributed by atoms with Gasteiger partial charge in [-0.05, 0) is 0 Å². The molecule has 2 amide bonds. The molecule has 4 fully saturated rings. The number of nitrogens with one attached hydrogen (secondary N) is 2. The Hall–Kier alpha value is -3.53. The van der Waals surface area contributed by atoms with E-state index in [1.807, 2.05) is 0 Å². The SMILES string of the molecule is CC(=O)N[C@H]1[C@H]([C@H](O)[C@H](O)CO)O[C@@](OC[C@H]2O[C@@H](OC[C@@H](O)[C@@H](O)[C@@H]3O[C@](O)(C(=O)O)C[C@H](O)[C@H]3O)[C@H](O)[C@@H](O[C@]3(C(=O)O)C[C@H](O)[C@@H](NC(C)=O)[C@H]([C@H](O)[C@H](O)CO)O3)[C@H]2O)(C(=O)O)C[C@@H]1O. The van der Waals surface area contributed by atoms with Crippen molar-refractivity contribution in [3.63, 3.8) is 0 Å². The van der Waals surface area contributed by atoms with Gasteiger partial charge in [0.2, 0.25) is 11.8 Å². The summed E-state index contributed by atoms with van der Waals surface area (Å²) in [5.74, 6) is -17.7. The average molecular weight is 1010 g/mol. The number of rotatable bonds is 21. The molecule has 4 aliphatic rings. The second kappa shape index (κ2) is 23.3. The molecule has 23 atom stereocenters. The minimum absolute atomic E-state index is 0.847. The van der Waals surface area contributed by atoms with Crippen molar-refractivity contribution in [3.05, 3.63) is 0 Å². The first-order chi connectivity index (χ1) is 32.0. The molecule has 398 valence electrons. The molecule has 20 N–H and O–H groups in total. The highest BCUT2D eigenvalue weighted by Gasteiger charge is 2.61. The largest absolute Gasteiger partial charge is 0.477 e. The zero-order valence-corrected chi connectivity index (χ0v) is 36.4. The molecule has 0 aromatic heterocycles. The highest BCUT2D eigenvalue weighted by Crippen LogP contribution is 2.39. The Morgan fingerprint density at radius 2 is 1.07 bits per heavy atom. The molecule has 0 aromatic carbocycles. The molecule has 0 aliphatic carbocycles. The number of aliphatic hydroxyl groups excluding tert-OH is 14. The quantitative estimate of drug-likeness (QED) is 0.0508. The van der Waals surface area contributed by atoms with Crippen LogP contribution in [0.15, 0.2) is 0 Å². The molecule has 0 unspecified atom stereocenters. The van der Waals surface area contributed by atoms with E-state index in [0.717, 1.165) is 13.8 Å². The molecule has 0 saturated carbocycles. The van der Waals surface area contributed by atoms with Crippen LogP contribution in [0.1, 0.15) is 33.1 Å². The van der Waals surface area contributed by atoms with Gasteiger partial charge in [0.15, 0.2) is 6.29 Å². The third-order valence-electron chi connectivity index (χ3n) is 11.9. The van der Waals surface area contributed by atoms with Crippen LogP contribution in [0.2, 0.25) is 0 Å². The molecule has 4 saturated heterocycles. The molecule has 4 heterocycles. The van der Waals surface area contributed by atoms with Crippen LogP contribution < -0.4 is 10.6 Å². The summed E-state index contributed by atoms with van der Waals surface area (Å²) in [4.78, 5) is 61.6. The predicted octanol–water partition coefficient (Wildman–Crippen LogP) is -11.8. The van der Waals surface area contributed by atoms with E-state index in [9.17, 15) is 116 Å². The monoisotopic (exact) mass is 1010 g/mol. The molecule has 32 nitrogen and oxygen atoms in total. The summed E-state index contributed by atoms with van der Waals surface area (Å²) in [7, 11) is 0. The molecule has 0 spiro atoms. The number of ether oxygens (including phenoxy) is 7. The van der Waals surface area contributed by atoms with Gasteiger partial charge in [0.05, 0.1) is 56.8 Å². The summed E-state index contributed by atoms with van der Waals surface area (Å²) in [6.45, 7) is -3.04. The zero-order chi connectivity index (χ0) is 52.2. The Labute approximate surface area is 388 Å². The van der Waals surface area contributed by atoms with E-state index in [4.69, 9.17) is 33.2 Å². The Balaban J connectivity index is 1.73. The molecule has 32 heteroatoms. The Morgan fingerprint density at radius 3 is 1.52 bits per heavy atom. The van der Waals surface area contributed by atoms with Gasteiger partial charge in [-0.25, -0.2) is 14.4 Å². The first-order valence-corrected chi connectivity index (χ1v) is 21.0. The van der Waals surface area contributed by atoms with Gasteiger partial charge in [0, 0.05) is 33.1 Å². The number of amides is 2. The summed E-state index contributed by atoms with van der Waals surface area (Å²) in [6.07, 6.45) is -44.0. The number of aliphatic carboxylic acids is 3. The van der Waals surface area contributed by atoms with Crippen LogP contribution in [0.25, 0.3) is 0 Å². The van der Waals surface area contributed by atoms with Crippen molar-refractivity contribution in [3.8, 4) is 0 Å². The number of hydrogen-bond acceptors (Lipinski definition) is 27. The van der Waals surface area contributed by atoms with Crippen molar-refractivity contribution in [2.24, 2.45) is 0 Å². The van der Waals surface area contributed by atoms with Gasteiger partial charge < -0.3 is 136 Å². The third-order valence-corrected chi connectivity index (χ3v) is 11.9. The fourth-order valence-electron chi connectivity index (χ4n) is 8.17. The van der Waals surface area contributed by atoms with Gasteiger partial charge in [-0.2, -0.15) is 0 Å². The van der Waals surface area contributed by atoms with Crippen LogP contribution in [0, 0.1) is 0 Å². The summed E-state index contributed by atoms with van der Waals surface area (Å²) in [6, 6.07) is -3.42. The predicted molar refractivity (Wildman–Crippen MR) is 209 cm³/mol. The molecular formula is C37H60N2O30. The maximum atomic E-state index is 13.1. The molecule has 0 bridgehead atoms. The second-order valence-corrected chi connectivity index (χ2v) is 17.0. The van der Waals surface area contributed by atoms with Crippen LogP contribution in [-0.4, -0.2) is 288 Å². The standard InChI is InChI=1S/C37H60N2O30/c1-10(42)38-19-12(44)4-36(33(58)59,67-27(19)22(51)15(47)6-40)64-9-18-25(54)30(69-37(34(60)61)5-13(45)20(39-11(2)43)28(68-37)23(52)16(48)7-41)26(55)31(65-18)63-8-17(49)24(53)29-21(50)14(46)3-35(62,66-29)32(56)57/h12-31,40-41,44-55,62H,3-9H2,1-2H3,(H,38,42)(H,39,43)(H,56,57)(H,58,59)(H,60,61)/t12-,13-,14-,15+,16+,17+,18+,19+,20+,21+,22+,23+,24+,25-,26+,27+,28+,29+,30-,31+,35-,36+,37-/m0/s1. The summed E-state index contributed by atoms with van der Waals surface area (Å²) in [5, 5.41) is 194. The van der Waals surface area contributed by atoms with E-state index >= 15 is 0 Å². The Bertz CT molecular complexity index is 1780. The lowest BCUT2D eigenvalue weighted by molar-refractivity contribution is -0.377. The summed E-state index contributed by atoms with van der Waals surface area (Å²) in [5.41, 5.74) is 0. The lowest BCUT2D eigenvalue weighted by Crippen LogP contribution is -2.71. The van der Waals surface area contributed by atoms with Crippen molar-refractivity contribution in [1.29, 1.82) is 0 Å². The number of carbonyl (C=O) groups is 5. The van der Waals surface area contributed by atoms with Crippen molar-refractivity contribution in [1.82, 2.24) is 10.6 Å². The van der Waals surface area contributed by atoms with Gasteiger partial charge >= 0.3 is 17.9 Å². The van der Waals surface area contributed by atoms with Crippen molar-refractivity contribution < 1.29 is 149 Å². The fraction of sp³-hybridized carbons (Fsp3) is 0.865. The molecule has 0 radical (unpaired) electrons. The number of hydrogen-bond donors (Lipinski definition) is 20. The van der Waals surface area contributed by atoms with E-state index in [2.05, 4.69) is 10.6 Å². The normalized spacial score (nSPS) is 41.1. The molecule has 4 aliphatic heterocycles. The van der Waals surface area contributed by atoms with Gasteiger partial charge in [-0.15, -0.1) is 0 Å². The fourth-order valence-corrected chi connectivity index (χ4v) is 8.17. The van der Waals surface area contributed by atoms with Crippen molar-refractivity contribution >= 4 is 29.7 Å². The smallest absolute Gasteiger partial charge is 0.364 e. The minimum atomic E-state index is -3.34. The number of carbonyl (C=O) groups excluding carboxylic acids is 2. The zero-order valence-electron chi connectivity index (χ0n) is 36.4. The molecule has 69 heavy (non-hydrogen) atoms. The first-order valence-electron chi connectivity index (χ1n) is 21.0. The lowest BCUT2D eigenvalue weighted by atomic mass is 9.88. The highest BCUT2D eigenvalue weighted by atomic mass is 16.8. The van der Waals surface area contributed by atoms with Gasteiger partial charge in [0.25, 0.3) is 17.4 Å². The molecule has 0 aromatic rings. The Kier molecular flexibility index (Phi) is 19.6. The van der Waals surface area contributed by atoms with Crippen molar-refractivity contribution in [2.45, 2.75) is 173 Å². The van der Waals surface area contributed by atoms with E-state index < -0.39 is 215 Å². The maximum Gasteiger partial charge on any atom is 0.364 e. The van der Waals surface area contributed by atoms with E-state index in [1.165, 1.54) is 0 Å². The van der Waals surface area contributed by atoms with E-state index in [0.29, 0.717) is 0 Å². The van der Waals surface area contributed by atoms with Crippen LogP contribution in [0.3, 0.4) is 0 Å².